The third kappa shape index (κ3) is 7.01. The molecule has 0 aliphatic carbocycles. The zero-order valence-electron chi connectivity index (χ0n) is 17.8. The summed E-state index contributed by atoms with van der Waals surface area (Å²) in [5.74, 6) is 0. The molecule has 0 aliphatic rings. The first-order valence-corrected chi connectivity index (χ1v) is 9.73. The van der Waals surface area contributed by atoms with Crippen molar-refractivity contribution < 1.29 is 51.0 Å². The van der Waals surface area contributed by atoms with Gasteiger partial charge in [-0.15, -0.1) is 16.7 Å². The third-order valence-corrected chi connectivity index (χ3v) is 5.01. The standard InChI is InChI=1S/C20H27.C5H5.2ClH.Zr/c1-6-16-17(7-2)19(9-4)20(18(16)8-3)15-12-10-14(5)11-13-15;1-2-4-5-3-1;;;/h10-13H,6-9H2,1-5H3;1-5H;2*1H;/q2*-1;;;+4/p-2. The summed E-state index contributed by atoms with van der Waals surface area (Å²) in [7, 11) is 0. The fourth-order valence-corrected chi connectivity index (χ4v) is 3.87. The van der Waals surface area contributed by atoms with Crippen molar-refractivity contribution in [2.45, 2.75) is 60.3 Å². The maximum Gasteiger partial charge on any atom is 4.00 e. The van der Waals surface area contributed by atoms with Crippen LogP contribution in [0.1, 0.15) is 55.5 Å². The minimum Gasteiger partial charge on any atom is -1.00 e. The van der Waals surface area contributed by atoms with E-state index in [2.05, 4.69) is 58.9 Å². The smallest absolute Gasteiger partial charge is 1.00 e. The Morgan fingerprint density at radius 1 is 0.786 bits per heavy atom. The van der Waals surface area contributed by atoms with Crippen LogP contribution in [-0.2, 0) is 51.9 Å². The summed E-state index contributed by atoms with van der Waals surface area (Å²) >= 11 is 0. The molecule has 0 heterocycles. The maximum absolute atomic E-state index is 2.30. The van der Waals surface area contributed by atoms with Gasteiger partial charge in [0.05, 0.1) is 0 Å². The van der Waals surface area contributed by atoms with Crippen molar-refractivity contribution in [1.82, 2.24) is 0 Å². The largest absolute Gasteiger partial charge is 4.00 e. The number of aryl methyl sites for hydroxylation is 1. The van der Waals surface area contributed by atoms with Crippen molar-refractivity contribution in [2.24, 2.45) is 0 Å². The minimum atomic E-state index is 0. The van der Waals surface area contributed by atoms with Crippen molar-refractivity contribution >= 4 is 0 Å². The molecule has 0 bridgehead atoms. The van der Waals surface area contributed by atoms with Gasteiger partial charge < -0.3 is 24.8 Å². The summed E-state index contributed by atoms with van der Waals surface area (Å²) < 4.78 is 0. The molecule has 0 fully saturated rings. The van der Waals surface area contributed by atoms with Crippen molar-refractivity contribution in [2.75, 3.05) is 0 Å². The number of hydrogen-bond donors (Lipinski definition) is 0. The summed E-state index contributed by atoms with van der Waals surface area (Å²) in [6.07, 6.45) is 4.59. The van der Waals surface area contributed by atoms with Crippen LogP contribution in [-0.4, -0.2) is 0 Å². The molecule has 0 atom stereocenters. The first-order valence-electron chi connectivity index (χ1n) is 9.73. The molecular formula is C25H32Cl2Zr. The molecule has 0 spiro atoms. The molecule has 3 rings (SSSR count). The van der Waals surface area contributed by atoms with Crippen molar-refractivity contribution in [3.05, 3.63) is 82.4 Å². The molecular weight excluding hydrogens is 462 g/mol. The molecule has 150 valence electrons. The Balaban J connectivity index is 0. The number of rotatable bonds is 5. The van der Waals surface area contributed by atoms with E-state index in [1.54, 1.807) is 22.3 Å². The molecule has 0 aliphatic heterocycles. The monoisotopic (exact) mass is 492 g/mol. The zero-order valence-corrected chi connectivity index (χ0v) is 21.8. The van der Waals surface area contributed by atoms with Gasteiger partial charge in [0.2, 0.25) is 0 Å². The Labute approximate surface area is 203 Å². The Bertz CT molecular complexity index is 706. The average Bonchev–Trinajstić information content (AvgIpc) is 3.31. The second-order valence-electron chi connectivity index (χ2n) is 6.53. The molecule has 3 aromatic carbocycles. The first kappa shape index (κ1) is 29.6. The van der Waals surface area contributed by atoms with E-state index in [1.165, 1.54) is 16.7 Å². The van der Waals surface area contributed by atoms with Crippen LogP contribution in [0.25, 0.3) is 11.1 Å². The summed E-state index contributed by atoms with van der Waals surface area (Å²) in [4.78, 5) is 0. The average molecular weight is 495 g/mol. The van der Waals surface area contributed by atoms with Crippen LogP contribution in [0.3, 0.4) is 0 Å². The Morgan fingerprint density at radius 2 is 1.32 bits per heavy atom. The van der Waals surface area contributed by atoms with Gasteiger partial charge in [-0.05, 0) is 13.3 Å². The van der Waals surface area contributed by atoms with E-state index in [9.17, 15) is 0 Å². The quantitative estimate of drug-likeness (QED) is 0.465. The molecule has 3 aromatic rings. The summed E-state index contributed by atoms with van der Waals surface area (Å²) in [5.41, 5.74) is 10.7. The van der Waals surface area contributed by atoms with Gasteiger partial charge in [-0.2, -0.15) is 29.3 Å². The summed E-state index contributed by atoms with van der Waals surface area (Å²) in [5, 5.41) is 0. The van der Waals surface area contributed by atoms with E-state index in [0.29, 0.717) is 0 Å². The molecule has 0 nitrogen and oxygen atoms in total. The van der Waals surface area contributed by atoms with Crippen LogP contribution >= 0.6 is 0 Å². The normalized spacial score (nSPS) is 9.32. The molecule has 3 heteroatoms. The fraction of sp³-hybridized carbons (Fsp3) is 0.360. The van der Waals surface area contributed by atoms with Crippen LogP contribution in [0.5, 0.6) is 0 Å². The fourth-order valence-electron chi connectivity index (χ4n) is 3.87. The van der Waals surface area contributed by atoms with E-state index in [-0.39, 0.29) is 51.0 Å². The first-order chi connectivity index (χ1) is 12.2. The van der Waals surface area contributed by atoms with Gasteiger partial charge >= 0.3 is 26.2 Å². The van der Waals surface area contributed by atoms with Gasteiger partial charge in [-0.25, -0.2) is 12.1 Å². The third-order valence-electron chi connectivity index (χ3n) is 5.01. The van der Waals surface area contributed by atoms with Crippen LogP contribution in [0, 0.1) is 6.92 Å². The number of halogens is 2. The molecule has 0 saturated heterocycles. The van der Waals surface area contributed by atoms with E-state index < -0.39 is 0 Å². The molecule has 0 saturated carbocycles. The number of hydrogen-bond acceptors (Lipinski definition) is 0. The predicted molar refractivity (Wildman–Crippen MR) is 112 cm³/mol. The Morgan fingerprint density at radius 3 is 1.68 bits per heavy atom. The van der Waals surface area contributed by atoms with E-state index >= 15 is 0 Å². The van der Waals surface area contributed by atoms with Gasteiger partial charge in [-0.1, -0.05) is 82.3 Å². The van der Waals surface area contributed by atoms with Crippen LogP contribution in [0.2, 0.25) is 0 Å². The summed E-state index contributed by atoms with van der Waals surface area (Å²) in [6, 6.07) is 19.1. The molecule has 0 aromatic heterocycles. The Hall–Kier alpha value is -0.617. The van der Waals surface area contributed by atoms with Crippen molar-refractivity contribution in [3.8, 4) is 11.1 Å². The second-order valence-corrected chi connectivity index (χ2v) is 6.53. The van der Waals surface area contributed by atoms with E-state index in [1.807, 2.05) is 30.3 Å². The Kier molecular flexibility index (Phi) is 16.1. The van der Waals surface area contributed by atoms with E-state index in [4.69, 9.17) is 0 Å². The van der Waals surface area contributed by atoms with E-state index in [0.717, 1.165) is 25.7 Å². The van der Waals surface area contributed by atoms with Crippen LogP contribution in [0.4, 0.5) is 0 Å². The van der Waals surface area contributed by atoms with Crippen LogP contribution < -0.4 is 24.8 Å². The van der Waals surface area contributed by atoms with Crippen molar-refractivity contribution in [3.63, 3.8) is 0 Å². The molecule has 28 heavy (non-hydrogen) atoms. The maximum atomic E-state index is 2.30. The van der Waals surface area contributed by atoms with Crippen molar-refractivity contribution in [1.29, 1.82) is 0 Å². The second kappa shape index (κ2) is 15.3. The molecule has 0 amide bonds. The topological polar surface area (TPSA) is 0 Å². The molecule has 0 N–H and O–H groups in total. The molecule has 0 unspecified atom stereocenters. The SMILES string of the molecule is CCc1c(CC)c(-c2ccc(C)cc2)[c-](CC)c1CC.[Cl-].[Cl-].[Zr+4].c1cc[cH-]c1. The van der Waals surface area contributed by atoms with Gasteiger partial charge in [0, 0.05) is 0 Å². The van der Waals surface area contributed by atoms with Gasteiger partial charge in [-0.3, -0.25) is 0 Å². The molecule has 0 radical (unpaired) electrons. The van der Waals surface area contributed by atoms with Gasteiger partial charge in [0.15, 0.2) is 0 Å². The van der Waals surface area contributed by atoms with Gasteiger partial charge in [0.25, 0.3) is 0 Å². The van der Waals surface area contributed by atoms with Crippen LogP contribution in [0.15, 0.2) is 54.6 Å². The zero-order chi connectivity index (χ0) is 18.2. The minimum absolute atomic E-state index is 0. The predicted octanol–water partition coefficient (Wildman–Crippen LogP) is 1.04. The summed E-state index contributed by atoms with van der Waals surface area (Å²) in [6.45, 7) is 11.3. The van der Waals surface area contributed by atoms with Gasteiger partial charge in [0.1, 0.15) is 0 Å². The number of benzene rings is 1.